The first kappa shape index (κ1) is 29.5. The molecule has 9 N–H and O–H groups in total. The van der Waals surface area contributed by atoms with Crippen LogP contribution in [-0.2, 0) is 30.4 Å². The van der Waals surface area contributed by atoms with E-state index in [-0.39, 0.29) is 18.8 Å². The Kier molecular flexibility index (Phi) is 11.8. The molecule has 0 aliphatic rings. The number of H-pyrrole nitrogens is 1. The monoisotopic (exact) mass is 498 g/mol. The number of aliphatic carboxylic acids is 2. The van der Waals surface area contributed by atoms with Gasteiger partial charge in [-0.15, -0.1) is 0 Å². The summed E-state index contributed by atoms with van der Waals surface area (Å²) in [5.41, 5.74) is 6.40. The fraction of sp³-hybridized carbons (Fsp3) is 0.619. The maximum atomic E-state index is 13.1. The van der Waals surface area contributed by atoms with E-state index in [0.29, 0.717) is 12.1 Å². The van der Waals surface area contributed by atoms with E-state index in [9.17, 15) is 34.2 Å². The van der Waals surface area contributed by atoms with Crippen LogP contribution in [0.5, 0.6) is 0 Å². The summed E-state index contributed by atoms with van der Waals surface area (Å²) in [7, 11) is 0. The Morgan fingerprint density at radius 3 is 2.09 bits per heavy atom. The van der Waals surface area contributed by atoms with Gasteiger partial charge in [0.2, 0.25) is 17.7 Å². The van der Waals surface area contributed by atoms with Gasteiger partial charge >= 0.3 is 11.9 Å². The number of aromatic nitrogens is 2. The molecule has 0 aromatic carbocycles. The molecular weight excluding hydrogens is 464 g/mol. The van der Waals surface area contributed by atoms with Crippen LogP contribution in [0, 0.1) is 5.92 Å². The molecule has 0 saturated heterocycles. The maximum absolute atomic E-state index is 13.1. The van der Waals surface area contributed by atoms with Crippen molar-refractivity contribution in [2.45, 2.75) is 76.7 Å². The van der Waals surface area contributed by atoms with Gasteiger partial charge in [-0.3, -0.25) is 19.2 Å². The Balaban J connectivity index is 3.08. The van der Waals surface area contributed by atoms with Gasteiger partial charge in [-0.2, -0.15) is 0 Å². The second-order valence-electron chi connectivity index (χ2n) is 8.64. The van der Waals surface area contributed by atoms with Gasteiger partial charge in [-0.05, 0) is 25.7 Å². The number of aliphatic hydroxyl groups is 1. The molecule has 0 radical (unpaired) electrons. The van der Waals surface area contributed by atoms with Crippen molar-refractivity contribution < 1.29 is 39.3 Å². The summed E-state index contributed by atoms with van der Waals surface area (Å²) in [6, 6.07) is -5.22. The van der Waals surface area contributed by atoms with E-state index < -0.39 is 66.4 Å². The van der Waals surface area contributed by atoms with E-state index in [4.69, 9.17) is 10.8 Å². The van der Waals surface area contributed by atoms with E-state index in [1.54, 1.807) is 0 Å². The van der Waals surface area contributed by atoms with Crippen LogP contribution in [0.3, 0.4) is 0 Å². The zero-order chi connectivity index (χ0) is 26.7. The number of nitrogens with one attached hydrogen (secondary N) is 4. The fourth-order valence-corrected chi connectivity index (χ4v) is 3.17. The average molecular weight is 499 g/mol. The molecule has 1 heterocycles. The predicted octanol–water partition coefficient (Wildman–Crippen LogP) is -1.89. The zero-order valence-electron chi connectivity index (χ0n) is 19.9. The number of carbonyl (C=O) groups excluding carboxylic acids is 3. The van der Waals surface area contributed by atoms with E-state index in [2.05, 4.69) is 25.9 Å². The van der Waals surface area contributed by atoms with Crippen molar-refractivity contribution in [3.63, 3.8) is 0 Å². The summed E-state index contributed by atoms with van der Waals surface area (Å²) in [4.78, 5) is 67.3. The minimum absolute atomic E-state index is 0.0370. The fourth-order valence-electron chi connectivity index (χ4n) is 3.17. The number of hydrogen-bond acceptors (Lipinski definition) is 8. The number of amides is 3. The highest BCUT2D eigenvalue weighted by Gasteiger charge is 2.32. The number of imidazole rings is 1. The number of carboxylic acids is 2. The quantitative estimate of drug-likeness (QED) is 0.134. The van der Waals surface area contributed by atoms with E-state index in [1.807, 2.05) is 13.8 Å². The number of carboxylic acid groups (broad SMARTS) is 2. The molecular formula is C21H34N6O8. The van der Waals surface area contributed by atoms with Gasteiger partial charge in [-0.1, -0.05) is 13.8 Å². The second-order valence-corrected chi connectivity index (χ2v) is 8.64. The Morgan fingerprint density at radius 2 is 1.60 bits per heavy atom. The third-order valence-corrected chi connectivity index (χ3v) is 5.00. The highest BCUT2D eigenvalue weighted by molar-refractivity contribution is 5.94. The van der Waals surface area contributed by atoms with E-state index >= 15 is 0 Å². The third kappa shape index (κ3) is 10.5. The third-order valence-electron chi connectivity index (χ3n) is 5.00. The summed E-state index contributed by atoms with van der Waals surface area (Å²) in [5.74, 6) is -5.06. The van der Waals surface area contributed by atoms with Crippen LogP contribution in [0.25, 0.3) is 0 Å². The molecule has 0 fully saturated rings. The Morgan fingerprint density at radius 1 is 1.00 bits per heavy atom. The molecule has 1 aromatic heterocycles. The molecule has 3 amide bonds. The molecule has 1 rings (SSSR count). The molecule has 5 atom stereocenters. The largest absolute Gasteiger partial charge is 0.481 e. The summed E-state index contributed by atoms with van der Waals surface area (Å²) in [6.45, 7) is 4.91. The number of nitrogens with two attached hydrogens (primary N) is 1. The van der Waals surface area contributed by atoms with Gasteiger partial charge in [-0.25, -0.2) is 9.78 Å². The SMILES string of the molecule is CC(C)CC(N)C(=O)NC(Cc1cnc[nH]1)C(=O)NC(CCC(=O)O)C(=O)NC(C(=O)O)C(C)O. The Bertz CT molecular complexity index is 873. The summed E-state index contributed by atoms with van der Waals surface area (Å²) < 4.78 is 0. The lowest BCUT2D eigenvalue weighted by atomic mass is 10.0. The number of nitrogens with zero attached hydrogens (tertiary/aromatic N) is 1. The average Bonchev–Trinajstić information content (AvgIpc) is 3.26. The van der Waals surface area contributed by atoms with Crippen molar-refractivity contribution in [3.8, 4) is 0 Å². The number of aromatic amines is 1. The van der Waals surface area contributed by atoms with Crippen LogP contribution in [0.4, 0.5) is 0 Å². The maximum Gasteiger partial charge on any atom is 0.328 e. The van der Waals surface area contributed by atoms with Crippen molar-refractivity contribution in [2.75, 3.05) is 0 Å². The number of aliphatic hydroxyl groups excluding tert-OH is 1. The first-order chi connectivity index (χ1) is 16.3. The minimum atomic E-state index is -1.68. The molecule has 14 nitrogen and oxygen atoms in total. The van der Waals surface area contributed by atoms with Gasteiger partial charge < -0.3 is 42.0 Å². The van der Waals surface area contributed by atoms with Crippen molar-refractivity contribution in [1.29, 1.82) is 0 Å². The van der Waals surface area contributed by atoms with Crippen LogP contribution in [0.1, 0.15) is 45.7 Å². The topological polar surface area (TPSA) is 237 Å². The van der Waals surface area contributed by atoms with Gasteiger partial charge in [0, 0.05) is 24.7 Å². The summed E-state index contributed by atoms with van der Waals surface area (Å²) in [5, 5.41) is 34.8. The lowest BCUT2D eigenvalue weighted by Gasteiger charge is -2.25. The molecule has 0 aliphatic heterocycles. The molecule has 5 unspecified atom stereocenters. The van der Waals surface area contributed by atoms with Crippen LogP contribution in [0.2, 0.25) is 0 Å². The molecule has 35 heavy (non-hydrogen) atoms. The minimum Gasteiger partial charge on any atom is -0.481 e. The van der Waals surface area contributed by atoms with E-state index in [0.717, 1.165) is 6.92 Å². The normalized spacial score (nSPS) is 15.4. The van der Waals surface area contributed by atoms with Crippen LogP contribution in [0.15, 0.2) is 12.5 Å². The van der Waals surface area contributed by atoms with Crippen molar-refractivity contribution >= 4 is 29.7 Å². The first-order valence-electron chi connectivity index (χ1n) is 11.1. The molecule has 196 valence electrons. The lowest BCUT2D eigenvalue weighted by Crippen LogP contribution is -2.58. The van der Waals surface area contributed by atoms with Gasteiger partial charge in [0.15, 0.2) is 6.04 Å². The van der Waals surface area contributed by atoms with Gasteiger partial charge in [0.05, 0.1) is 18.5 Å². The predicted molar refractivity (Wildman–Crippen MR) is 122 cm³/mol. The van der Waals surface area contributed by atoms with Crippen LogP contribution >= 0.6 is 0 Å². The number of rotatable bonds is 15. The molecule has 0 bridgehead atoms. The Hall–Kier alpha value is -3.52. The van der Waals surface area contributed by atoms with Crippen molar-refractivity contribution in [3.05, 3.63) is 18.2 Å². The molecule has 0 spiro atoms. The van der Waals surface area contributed by atoms with Gasteiger partial charge in [0.1, 0.15) is 12.1 Å². The molecule has 14 heteroatoms. The molecule has 0 saturated carbocycles. The Labute approximate surface area is 202 Å². The first-order valence-corrected chi connectivity index (χ1v) is 11.1. The summed E-state index contributed by atoms with van der Waals surface area (Å²) >= 11 is 0. The van der Waals surface area contributed by atoms with Crippen molar-refractivity contribution in [2.24, 2.45) is 11.7 Å². The standard InChI is InChI=1S/C21H34N6O8/c1-10(2)6-13(22)18(31)26-15(7-12-8-23-9-24-12)20(33)25-14(4-5-16(29)30)19(32)27-17(11(3)28)21(34)35/h8-11,13-15,17,28H,4-7,22H2,1-3H3,(H,23,24)(H,25,33)(H,26,31)(H,27,32)(H,29,30)(H,34,35). The highest BCUT2D eigenvalue weighted by Crippen LogP contribution is 2.07. The van der Waals surface area contributed by atoms with Crippen LogP contribution in [-0.4, -0.2) is 85.2 Å². The zero-order valence-corrected chi connectivity index (χ0v) is 19.9. The van der Waals surface area contributed by atoms with Crippen LogP contribution < -0.4 is 21.7 Å². The number of hydrogen-bond donors (Lipinski definition) is 8. The molecule has 1 aromatic rings. The number of carbonyl (C=O) groups is 5. The highest BCUT2D eigenvalue weighted by atomic mass is 16.4. The van der Waals surface area contributed by atoms with Crippen molar-refractivity contribution in [1.82, 2.24) is 25.9 Å². The summed E-state index contributed by atoms with van der Waals surface area (Å²) in [6.07, 6.45) is 0.811. The smallest absolute Gasteiger partial charge is 0.328 e. The molecule has 0 aliphatic carbocycles. The van der Waals surface area contributed by atoms with E-state index in [1.165, 1.54) is 12.5 Å². The second kappa shape index (κ2) is 14.0. The lowest BCUT2D eigenvalue weighted by molar-refractivity contribution is -0.145. The van der Waals surface area contributed by atoms with Gasteiger partial charge in [0.25, 0.3) is 0 Å².